The zero-order valence-electron chi connectivity index (χ0n) is 10.9. The van der Waals surface area contributed by atoms with Crippen LogP contribution in [0.25, 0.3) is 5.69 Å². The lowest BCUT2D eigenvalue weighted by Crippen LogP contribution is -2.06. The number of benzene rings is 1. The van der Waals surface area contributed by atoms with Gasteiger partial charge in [0.25, 0.3) is 0 Å². The van der Waals surface area contributed by atoms with Crippen molar-refractivity contribution in [3.8, 4) is 23.9 Å². The van der Waals surface area contributed by atoms with E-state index >= 15 is 0 Å². The van der Waals surface area contributed by atoms with Crippen molar-refractivity contribution in [2.24, 2.45) is 0 Å². The Labute approximate surface area is 133 Å². The van der Waals surface area contributed by atoms with Crippen LogP contribution in [-0.4, -0.2) is 9.78 Å². The number of hydrogen-bond acceptors (Lipinski definition) is 5. The van der Waals surface area contributed by atoms with Crippen molar-refractivity contribution in [3.05, 3.63) is 52.2 Å². The molecule has 0 spiro atoms. The molecule has 0 aliphatic rings. The van der Waals surface area contributed by atoms with Gasteiger partial charge in [-0.1, -0.05) is 0 Å². The number of rotatable bonds is 3. The van der Waals surface area contributed by atoms with Crippen molar-refractivity contribution in [1.82, 2.24) is 9.78 Å². The van der Waals surface area contributed by atoms with Gasteiger partial charge in [-0.25, -0.2) is 9.07 Å². The number of hydrogen-bond donors (Lipinski definition) is 1. The molecule has 2 rings (SSSR count). The largest absolute Gasteiger partial charge is 0.343 e. The van der Waals surface area contributed by atoms with Gasteiger partial charge in [-0.3, -0.25) is 0 Å². The van der Waals surface area contributed by atoms with Gasteiger partial charge in [-0.15, -0.1) is 0 Å². The smallest absolute Gasteiger partial charge is 0.163 e. The first kappa shape index (κ1) is 15.2. The summed E-state index contributed by atoms with van der Waals surface area (Å²) in [6, 6.07) is 8.79. The number of nitrogens with zero attached hydrogens (tertiary/aromatic N) is 5. The topological polar surface area (TPSA) is 101 Å². The number of nitrogens with one attached hydrogen (secondary N) is 1. The van der Waals surface area contributed by atoms with Gasteiger partial charge in [0.2, 0.25) is 0 Å². The number of aromatic nitrogens is 2. The summed E-state index contributed by atoms with van der Waals surface area (Å²) in [5, 5.41) is 33.4. The van der Waals surface area contributed by atoms with E-state index in [1.54, 1.807) is 30.6 Å². The van der Waals surface area contributed by atoms with Crippen LogP contribution in [0.1, 0.15) is 0 Å². The minimum Gasteiger partial charge on any atom is -0.343 e. The van der Waals surface area contributed by atoms with Crippen LogP contribution in [0.5, 0.6) is 0 Å². The summed E-state index contributed by atoms with van der Waals surface area (Å²) >= 11 is 3.25. The highest BCUT2D eigenvalue weighted by Crippen LogP contribution is 2.24. The summed E-state index contributed by atoms with van der Waals surface area (Å²) in [6.07, 6.45) is 3.19. The molecule has 0 bridgehead atoms. The van der Waals surface area contributed by atoms with Crippen molar-refractivity contribution in [3.63, 3.8) is 0 Å². The van der Waals surface area contributed by atoms with Crippen molar-refractivity contribution < 1.29 is 4.39 Å². The third kappa shape index (κ3) is 3.12. The van der Waals surface area contributed by atoms with Gasteiger partial charge in [-0.2, -0.15) is 20.9 Å². The third-order valence-corrected chi connectivity index (χ3v) is 3.01. The first-order valence-corrected chi connectivity index (χ1v) is 6.60. The average Bonchev–Trinajstić information content (AvgIpc) is 2.93. The van der Waals surface area contributed by atoms with Gasteiger partial charge >= 0.3 is 0 Å². The normalized spacial score (nSPS) is 9.23. The van der Waals surface area contributed by atoms with E-state index in [2.05, 4.69) is 26.3 Å². The fourth-order valence-electron chi connectivity index (χ4n) is 1.66. The van der Waals surface area contributed by atoms with E-state index in [1.807, 2.05) is 0 Å². The van der Waals surface area contributed by atoms with Crippen LogP contribution >= 0.6 is 15.9 Å². The Kier molecular flexibility index (Phi) is 4.53. The molecule has 2 aromatic rings. The summed E-state index contributed by atoms with van der Waals surface area (Å²) < 4.78 is 15.7. The SMILES string of the molecule is N#CC(C#N)=C(C#N)Nc1cc(F)ccc1-n1cc(Br)cn1. The molecule has 1 aromatic carbocycles. The molecule has 0 amide bonds. The molecule has 8 heteroatoms. The van der Waals surface area contributed by atoms with E-state index in [9.17, 15) is 4.39 Å². The molecule has 0 atom stereocenters. The maximum absolute atomic E-state index is 13.5. The molecular formula is C14H6BrFN6. The molecule has 6 nitrogen and oxygen atoms in total. The van der Waals surface area contributed by atoms with Crippen LogP contribution in [0.2, 0.25) is 0 Å². The number of anilines is 1. The summed E-state index contributed by atoms with van der Waals surface area (Å²) in [4.78, 5) is 0. The van der Waals surface area contributed by atoms with E-state index in [0.29, 0.717) is 10.2 Å². The molecule has 0 unspecified atom stereocenters. The Morgan fingerprint density at radius 3 is 2.50 bits per heavy atom. The average molecular weight is 357 g/mol. The van der Waals surface area contributed by atoms with Crippen LogP contribution in [0, 0.1) is 39.8 Å². The molecule has 0 saturated heterocycles. The summed E-state index contributed by atoms with van der Waals surface area (Å²) in [5.74, 6) is -0.537. The standard InChI is InChI=1S/C14H6BrFN6/c15-10-7-20-22(8-10)14-2-1-11(16)3-12(14)21-13(6-19)9(4-17)5-18/h1-3,7-8,21H. The van der Waals surface area contributed by atoms with Crippen LogP contribution in [0.3, 0.4) is 0 Å². The highest BCUT2D eigenvalue weighted by atomic mass is 79.9. The molecular weight excluding hydrogens is 351 g/mol. The summed E-state index contributed by atoms with van der Waals surface area (Å²) in [5.41, 5.74) is 0.00709. The lowest BCUT2D eigenvalue weighted by atomic mass is 10.2. The quantitative estimate of drug-likeness (QED) is 0.851. The maximum Gasteiger partial charge on any atom is 0.163 e. The number of halogens is 2. The first-order valence-electron chi connectivity index (χ1n) is 5.80. The van der Waals surface area contributed by atoms with Gasteiger partial charge in [0.1, 0.15) is 29.7 Å². The second-order valence-corrected chi connectivity index (χ2v) is 4.89. The van der Waals surface area contributed by atoms with Crippen molar-refractivity contribution in [2.45, 2.75) is 0 Å². The minimum absolute atomic E-state index is 0.204. The predicted octanol–water partition coefficient (Wildman–Crippen LogP) is 3.01. The van der Waals surface area contributed by atoms with Crippen LogP contribution in [0.15, 0.2) is 46.3 Å². The predicted molar refractivity (Wildman–Crippen MR) is 78.7 cm³/mol. The molecule has 106 valence electrons. The van der Waals surface area contributed by atoms with Gasteiger partial charge in [0.15, 0.2) is 5.57 Å². The fourth-order valence-corrected chi connectivity index (χ4v) is 1.94. The Bertz CT molecular complexity index is 862. The van der Waals surface area contributed by atoms with Crippen LogP contribution in [-0.2, 0) is 0 Å². The van der Waals surface area contributed by atoms with Gasteiger partial charge in [0, 0.05) is 6.20 Å². The number of nitriles is 3. The van der Waals surface area contributed by atoms with Gasteiger partial charge < -0.3 is 5.32 Å². The Morgan fingerprint density at radius 2 is 1.95 bits per heavy atom. The van der Waals surface area contributed by atoms with E-state index in [-0.39, 0.29) is 17.0 Å². The first-order chi connectivity index (χ1) is 10.6. The van der Waals surface area contributed by atoms with Crippen molar-refractivity contribution >= 4 is 21.6 Å². The van der Waals surface area contributed by atoms with Gasteiger partial charge in [0.05, 0.1) is 22.0 Å². The van der Waals surface area contributed by atoms with E-state index in [1.165, 1.54) is 16.8 Å². The van der Waals surface area contributed by atoms with Crippen LogP contribution in [0.4, 0.5) is 10.1 Å². The highest BCUT2D eigenvalue weighted by Gasteiger charge is 2.12. The molecule has 0 fully saturated rings. The molecule has 0 saturated carbocycles. The second-order valence-electron chi connectivity index (χ2n) is 3.98. The Morgan fingerprint density at radius 1 is 1.23 bits per heavy atom. The Hall–Kier alpha value is -3.15. The van der Waals surface area contributed by atoms with E-state index < -0.39 is 5.82 Å². The van der Waals surface area contributed by atoms with Crippen LogP contribution < -0.4 is 5.32 Å². The summed E-state index contributed by atoms with van der Waals surface area (Å²) in [6.45, 7) is 0. The molecule has 0 radical (unpaired) electrons. The fraction of sp³-hybridized carbons (Fsp3) is 0. The highest BCUT2D eigenvalue weighted by molar-refractivity contribution is 9.10. The van der Waals surface area contributed by atoms with Crippen molar-refractivity contribution in [1.29, 1.82) is 15.8 Å². The molecule has 1 N–H and O–H groups in total. The lowest BCUT2D eigenvalue weighted by Gasteiger charge is -2.11. The Balaban J connectivity index is 2.55. The second kappa shape index (κ2) is 6.53. The van der Waals surface area contributed by atoms with E-state index in [0.717, 1.165) is 6.07 Å². The zero-order valence-corrected chi connectivity index (χ0v) is 12.5. The van der Waals surface area contributed by atoms with Gasteiger partial charge in [-0.05, 0) is 34.1 Å². The van der Waals surface area contributed by atoms with E-state index in [4.69, 9.17) is 15.8 Å². The maximum atomic E-state index is 13.5. The monoisotopic (exact) mass is 356 g/mol. The molecule has 0 aliphatic carbocycles. The number of allylic oxidation sites excluding steroid dienone is 2. The molecule has 1 heterocycles. The molecule has 1 aromatic heterocycles. The zero-order chi connectivity index (χ0) is 16.1. The minimum atomic E-state index is -0.537. The molecule has 0 aliphatic heterocycles. The lowest BCUT2D eigenvalue weighted by molar-refractivity contribution is 0.627. The van der Waals surface area contributed by atoms with Crippen molar-refractivity contribution in [2.75, 3.05) is 5.32 Å². The summed E-state index contributed by atoms with van der Waals surface area (Å²) in [7, 11) is 0. The third-order valence-electron chi connectivity index (χ3n) is 2.60. The molecule has 22 heavy (non-hydrogen) atoms.